The Morgan fingerprint density at radius 1 is 1.53 bits per heavy atom. The van der Waals surface area contributed by atoms with Gasteiger partial charge in [0.05, 0.1) is 18.8 Å². The van der Waals surface area contributed by atoms with E-state index in [2.05, 4.69) is 15.3 Å². The standard InChI is InChI=1S/C11H13N5O2S/c17-4-2-11(18)15-5-8-6-16(14-9(8)7-15)19-10-1-3-12-13-10/h1,3,6,17H,2,4-5,7H2,(H,12,13). The number of aromatic amines is 1. The van der Waals surface area contributed by atoms with Crippen molar-refractivity contribution in [3.63, 3.8) is 0 Å². The Morgan fingerprint density at radius 2 is 2.42 bits per heavy atom. The van der Waals surface area contributed by atoms with E-state index in [1.807, 2.05) is 12.3 Å². The lowest BCUT2D eigenvalue weighted by Gasteiger charge is -2.14. The van der Waals surface area contributed by atoms with Gasteiger partial charge in [0.2, 0.25) is 5.91 Å². The fraction of sp³-hybridized carbons (Fsp3) is 0.364. The fourth-order valence-electron chi connectivity index (χ4n) is 2.00. The summed E-state index contributed by atoms with van der Waals surface area (Å²) in [4.78, 5) is 13.4. The largest absolute Gasteiger partial charge is 0.396 e. The molecule has 19 heavy (non-hydrogen) atoms. The van der Waals surface area contributed by atoms with Crippen LogP contribution in [0.5, 0.6) is 0 Å². The molecule has 100 valence electrons. The summed E-state index contributed by atoms with van der Waals surface area (Å²) < 4.78 is 1.77. The number of nitrogens with one attached hydrogen (secondary N) is 1. The zero-order valence-electron chi connectivity index (χ0n) is 10.1. The topological polar surface area (TPSA) is 87.0 Å². The van der Waals surface area contributed by atoms with Gasteiger partial charge >= 0.3 is 0 Å². The third-order valence-corrected chi connectivity index (χ3v) is 3.70. The summed E-state index contributed by atoms with van der Waals surface area (Å²) in [5.41, 5.74) is 1.97. The summed E-state index contributed by atoms with van der Waals surface area (Å²) in [6.45, 7) is 0.977. The van der Waals surface area contributed by atoms with Crippen LogP contribution >= 0.6 is 11.9 Å². The Morgan fingerprint density at radius 3 is 3.11 bits per heavy atom. The number of hydrogen-bond donors (Lipinski definition) is 2. The monoisotopic (exact) mass is 279 g/mol. The van der Waals surface area contributed by atoms with Crippen molar-refractivity contribution in [1.29, 1.82) is 0 Å². The average molecular weight is 279 g/mol. The molecule has 0 aromatic carbocycles. The van der Waals surface area contributed by atoms with Crippen LogP contribution < -0.4 is 0 Å². The van der Waals surface area contributed by atoms with Crippen molar-refractivity contribution in [3.8, 4) is 0 Å². The minimum atomic E-state index is -0.108. The summed E-state index contributed by atoms with van der Waals surface area (Å²) in [6.07, 6.45) is 3.79. The molecule has 3 rings (SSSR count). The lowest BCUT2D eigenvalue weighted by atomic mass is 10.3. The van der Waals surface area contributed by atoms with E-state index in [9.17, 15) is 4.79 Å². The van der Waals surface area contributed by atoms with E-state index in [0.717, 1.165) is 16.3 Å². The van der Waals surface area contributed by atoms with Crippen LogP contribution in [0.25, 0.3) is 0 Å². The molecule has 8 heteroatoms. The minimum absolute atomic E-state index is 0.0340. The molecule has 0 fully saturated rings. The van der Waals surface area contributed by atoms with Gasteiger partial charge in [-0.25, -0.2) is 4.09 Å². The second kappa shape index (κ2) is 5.06. The summed E-state index contributed by atoms with van der Waals surface area (Å²) in [5, 5.41) is 20.8. The fourth-order valence-corrected chi connectivity index (χ4v) is 2.74. The van der Waals surface area contributed by atoms with Crippen molar-refractivity contribution in [3.05, 3.63) is 29.7 Å². The summed E-state index contributed by atoms with van der Waals surface area (Å²) in [5.74, 6) is -0.0340. The summed E-state index contributed by atoms with van der Waals surface area (Å²) >= 11 is 1.44. The van der Waals surface area contributed by atoms with Crippen LogP contribution in [0.2, 0.25) is 0 Å². The normalized spacial score (nSPS) is 13.8. The van der Waals surface area contributed by atoms with Crippen molar-refractivity contribution in [1.82, 2.24) is 24.3 Å². The molecule has 0 bridgehead atoms. The molecule has 0 saturated heterocycles. The highest BCUT2D eigenvalue weighted by Crippen LogP contribution is 2.25. The van der Waals surface area contributed by atoms with E-state index in [1.165, 1.54) is 11.9 Å². The number of carbonyl (C=O) groups is 1. The number of nitrogens with zero attached hydrogens (tertiary/aromatic N) is 4. The molecule has 0 unspecified atom stereocenters. The molecule has 2 aromatic rings. The Bertz CT molecular complexity index is 556. The first kappa shape index (κ1) is 12.2. The summed E-state index contributed by atoms with van der Waals surface area (Å²) in [6, 6.07) is 1.87. The van der Waals surface area contributed by atoms with Gasteiger partial charge in [-0.1, -0.05) is 0 Å². The highest BCUT2D eigenvalue weighted by atomic mass is 32.2. The van der Waals surface area contributed by atoms with Gasteiger partial charge in [0.25, 0.3) is 0 Å². The van der Waals surface area contributed by atoms with Crippen molar-refractivity contribution in [2.24, 2.45) is 0 Å². The Labute approximate surface area is 113 Å². The van der Waals surface area contributed by atoms with Gasteiger partial charge in [0.15, 0.2) is 0 Å². The maximum absolute atomic E-state index is 11.7. The van der Waals surface area contributed by atoms with E-state index in [1.54, 1.807) is 15.2 Å². The molecule has 1 aliphatic heterocycles. The Kier molecular flexibility index (Phi) is 3.26. The van der Waals surface area contributed by atoms with Gasteiger partial charge in [0.1, 0.15) is 5.03 Å². The molecule has 1 aliphatic rings. The lowest BCUT2D eigenvalue weighted by Crippen LogP contribution is -2.26. The number of carbonyl (C=O) groups excluding carboxylic acids is 1. The molecule has 3 heterocycles. The SMILES string of the molecule is O=C(CCO)N1Cc2cn(Sc3ccn[nH]3)nc2C1. The Hall–Kier alpha value is -1.80. The maximum atomic E-state index is 11.7. The highest BCUT2D eigenvalue weighted by Gasteiger charge is 2.26. The maximum Gasteiger partial charge on any atom is 0.225 e. The zero-order chi connectivity index (χ0) is 13.2. The van der Waals surface area contributed by atoms with Crippen molar-refractivity contribution < 1.29 is 9.90 Å². The van der Waals surface area contributed by atoms with Crippen LogP contribution in [0.3, 0.4) is 0 Å². The molecule has 2 aromatic heterocycles. The lowest BCUT2D eigenvalue weighted by molar-refractivity contribution is -0.132. The Balaban J connectivity index is 1.67. The predicted octanol–water partition coefficient (Wildman–Crippen LogP) is 0.386. The molecule has 7 nitrogen and oxygen atoms in total. The van der Waals surface area contributed by atoms with Crippen LogP contribution in [0.1, 0.15) is 17.7 Å². The second-order valence-electron chi connectivity index (χ2n) is 4.24. The number of aliphatic hydroxyl groups excluding tert-OH is 1. The van der Waals surface area contributed by atoms with Gasteiger partial charge < -0.3 is 10.0 Å². The quantitative estimate of drug-likeness (QED) is 0.845. The number of H-pyrrole nitrogens is 1. The van der Waals surface area contributed by atoms with Crippen LogP contribution in [-0.4, -0.2) is 41.9 Å². The van der Waals surface area contributed by atoms with Gasteiger partial charge in [0, 0.05) is 42.9 Å². The van der Waals surface area contributed by atoms with Gasteiger partial charge in [-0.2, -0.15) is 10.2 Å². The zero-order valence-corrected chi connectivity index (χ0v) is 10.9. The van der Waals surface area contributed by atoms with Crippen LogP contribution in [-0.2, 0) is 17.9 Å². The molecular formula is C11H13N5O2S. The van der Waals surface area contributed by atoms with Crippen molar-refractivity contribution in [2.45, 2.75) is 24.5 Å². The number of rotatable bonds is 4. The van der Waals surface area contributed by atoms with E-state index in [4.69, 9.17) is 5.11 Å². The molecular weight excluding hydrogens is 266 g/mol. The minimum Gasteiger partial charge on any atom is -0.396 e. The molecule has 2 N–H and O–H groups in total. The van der Waals surface area contributed by atoms with Gasteiger partial charge in [-0.3, -0.25) is 9.89 Å². The molecule has 1 amide bonds. The number of aliphatic hydroxyl groups is 1. The number of fused-ring (bicyclic) bond motifs is 1. The summed E-state index contributed by atoms with van der Waals surface area (Å²) in [7, 11) is 0. The van der Waals surface area contributed by atoms with Gasteiger partial charge in [-0.15, -0.1) is 0 Å². The molecule has 0 saturated carbocycles. The van der Waals surface area contributed by atoms with E-state index in [-0.39, 0.29) is 18.9 Å². The smallest absolute Gasteiger partial charge is 0.225 e. The second-order valence-corrected chi connectivity index (χ2v) is 5.24. The molecule has 0 radical (unpaired) electrons. The number of hydrogen-bond acceptors (Lipinski definition) is 5. The van der Waals surface area contributed by atoms with Crippen LogP contribution in [0.15, 0.2) is 23.5 Å². The average Bonchev–Trinajstić information content (AvgIpc) is 3.04. The van der Waals surface area contributed by atoms with Gasteiger partial charge in [-0.05, 0) is 6.07 Å². The van der Waals surface area contributed by atoms with E-state index >= 15 is 0 Å². The highest BCUT2D eigenvalue weighted by molar-refractivity contribution is 7.97. The first-order chi connectivity index (χ1) is 9.26. The van der Waals surface area contributed by atoms with Crippen LogP contribution in [0, 0.1) is 0 Å². The number of amides is 1. The first-order valence-corrected chi connectivity index (χ1v) is 6.67. The molecule has 0 aliphatic carbocycles. The third-order valence-electron chi connectivity index (χ3n) is 2.90. The van der Waals surface area contributed by atoms with Crippen molar-refractivity contribution >= 4 is 17.9 Å². The van der Waals surface area contributed by atoms with E-state index < -0.39 is 0 Å². The van der Waals surface area contributed by atoms with Crippen LogP contribution in [0.4, 0.5) is 0 Å². The number of aromatic nitrogens is 4. The third kappa shape index (κ3) is 2.49. The van der Waals surface area contributed by atoms with Crippen molar-refractivity contribution in [2.75, 3.05) is 6.61 Å². The first-order valence-electron chi connectivity index (χ1n) is 5.90. The van der Waals surface area contributed by atoms with E-state index in [0.29, 0.717) is 13.1 Å². The predicted molar refractivity (Wildman–Crippen MR) is 68.0 cm³/mol. The molecule has 0 spiro atoms. The molecule has 0 atom stereocenters.